The number of hydrogen-bond donors (Lipinski definition) is 2. The van der Waals surface area contributed by atoms with Crippen LogP contribution in [0.2, 0.25) is 5.02 Å². The number of nitrogens with one attached hydrogen (secondary N) is 2. The van der Waals surface area contributed by atoms with Crippen molar-refractivity contribution in [2.24, 2.45) is 0 Å². The van der Waals surface area contributed by atoms with E-state index in [0.29, 0.717) is 16.5 Å². The van der Waals surface area contributed by atoms with E-state index in [1.165, 1.54) is 18.4 Å². The second-order valence-corrected chi connectivity index (χ2v) is 8.79. The number of sulfonamides is 1. The van der Waals surface area contributed by atoms with E-state index in [0.717, 1.165) is 29.2 Å². The summed E-state index contributed by atoms with van der Waals surface area (Å²) in [6, 6.07) is 13.7. The lowest BCUT2D eigenvalue weighted by molar-refractivity contribution is -0.123. The van der Waals surface area contributed by atoms with Gasteiger partial charge in [0.2, 0.25) is 21.8 Å². The van der Waals surface area contributed by atoms with Crippen LogP contribution in [0.1, 0.15) is 5.76 Å². The van der Waals surface area contributed by atoms with Gasteiger partial charge < -0.3 is 14.6 Å². The minimum Gasteiger partial charge on any atom is -0.467 e. The lowest BCUT2D eigenvalue weighted by atomic mass is 10.2. The van der Waals surface area contributed by atoms with E-state index in [1.807, 2.05) is 0 Å². The van der Waals surface area contributed by atoms with Crippen molar-refractivity contribution < 1.29 is 26.8 Å². The molecular weight excluding hydrogens is 461 g/mol. The smallest absolute Gasteiger partial charge is 0.242 e. The van der Waals surface area contributed by atoms with Crippen LogP contribution in [-0.4, -0.2) is 33.3 Å². The molecule has 0 unspecified atom stereocenters. The summed E-state index contributed by atoms with van der Waals surface area (Å²) in [5.41, 5.74) is 0.355. The Labute approximate surface area is 189 Å². The molecule has 8 nitrogen and oxygen atoms in total. The predicted octanol–water partition coefficient (Wildman–Crippen LogP) is 2.70. The SMILES string of the molecule is O=C(CN(C(=O)CNS(=O)(=O)c1ccc(F)cc1)c1ccc(Cl)cc1)NCc1ccco1. The van der Waals surface area contributed by atoms with Gasteiger partial charge in [-0.3, -0.25) is 9.59 Å². The molecule has 0 spiro atoms. The highest BCUT2D eigenvalue weighted by atomic mass is 35.5. The van der Waals surface area contributed by atoms with Gasteiger partial charge in [0.15, 0.2) is 0 Å². The first-order chi connectivity index (χ1) is 15.2. The molecule has 0 radical (unpaired) electrons. The van der Waals surface area contributed by atoms with Gasteiger partial charge >= 0.3 is 0 Å². The quantitative estimate of drug-likeness (QED) is 0.490. The van der Waals surface area contributed by atoms with Gasteiger partial charge in [0, 0.05) is 10.7 Å². The fourth-order valence-corrected chi connectivity index (χ4v) is 3.79. The molecule has 3 aromatic rings. The van der Waals surface area contributed by atoms with Gasteiger partial charge in [-0.25, -0.2) is 17.5 Å². The number of nitrogens with zero attached hydrogens (tertiary/aromatic N) is 1. The third-order valence-corrected chi connectivity index (χ3v) is 5.99. The predicted molar refractivity (Wildman–Crippen MR) is 116 cm³/mol. The number of anilines is 1. The standard InChI is InChI=1S/C21H19ClFN3O5S/c22-15-3-7-17(8-4-15)26(14-20(27)24-12-18-2-1-11-31-18)21(28)13-25-32(29,30)19-9-5-16(23)6-10-19/h1-11,25H,12-14H2,(H,24,27). The summed E-state index contributed by atoms with van der Waals surface area (Å²) in [7, 11) is -4.06. The zero-order valence-electron chi connectivity index (χ0n) is 16.6. The summed E-state index contributed by atoms with van der Waals surface area (Å²) in [6.45, 7) is -0.848. The first-order valence-electron chi connectivity index (χ1n) is 9.35. The van der Waals surface area contributed by atoms with E-state index in [1.54, 1.807) is 24.3 Å². The third kappa shape index (κ3) is 6.39. The van der Waals surface area contributed by atoms with Crippen molar-refractivity contribution >= 4 is 39.1 Å². The molecule has 2 aromatic carbocycles. The molecule has 0 aliphatic heterocycles. The van der Waals surface area contributed by atoms with Crippen LogP contribution in [0.15, 0.2) is 76.2 Å². The summed E-state index contributed by atoms with van der Waals surface area (Å²) < 4.78 is 45.2. The minimum absolute atomic E-state index is 0.131. The van der Waals surface area contributed by atoms with Gasteiger partial charge in [-0.15, -0.1) is 0 Å². The molecule has 0 atom stereocenters. The average molecular weight is 480 g/mol. The highest BCUT2D eigenvalue weighted by Gasteiger charge is 2.22. The highest BCUT2D eigenvalue weighted by molar-refractivity contribution is 7.89. The molecule has 168 valence electrons. The largest absolute Gasteiger partial charge is 0.467 e. The Morgan fingerprint density at radius 2 is 1.72 bits per heavy atom. The molecule has 0 saturated heterocycles. The Bertz CT molecular complexity index is 1170. The van der Waals surface area contributed by atoms with Crippen LogP contribution >= 0.6 is 11.6 Å². The van der Waals surface area contributed by atoms with Crippen LogP contribution in [0.5, 0.6) is 0 Å². The van der Waals surface area contributed by atoms with Gasteiger partial charge in [0.25, 0.3) is 0 Å². The zero-order valence-corrected chi connectivity index (χ0v) is 18.2. The molecule has 0 aliphatic carbocycles. The van der Waals surface area contributed by atoms with E-state index in [2.05, 4.69) is 10.0 Å². The molecule has 0 aliphatic rings. The Balaban J connectivity index is 1.70. The highest BCUT2D eigenvalue weighted by Crippen LogP contribution is 2.18. The molecule has 0 saturated carbocycles. The molecule has 32 heavy (non-hydrogen) atoms. The summed E-state index contributed by atoms with van der Waals surface area (Å²) in [5, 5.41) is 3.06. The van der Waals surface area contributed by atoms with Crippen LogP contribution in [-0.2, 0) is 26.2 Å². The van der Waals surface area contributed by atoms with Crippen molar-refractivity contribution in [1.82, 2.24) is 10.0 Å². The Morgan fingerprint density at radius 3 is 2.34 bits per heavy atom. The number of carbonyl (C=O) groups is 2. The Hall–Kier alpha value is -3.21. The maximum atomic E-state index is 13.1. The Kier molecular flexibility index (Phi) is 7.62. The molecule has 2 amide bonds. The number of benzene rings is 2. The van der Waals surface area contributed by atoms with Crippen molar-refractivity contribution in [3.8, 4) is 0 Å². The number of hydrogen-bond acceptors (Lipinski definition) is 5. The van der Waals surface area contributed by atoms with Crippen LogP contribution in [0.3, 0.4) is 0 Å². The summed E-state index contributed by atoms with van der Waals surface area (Å²) in [5.74, 6) is -1.21. The normalized spacial score (nSPS) is 11.2. The number of rotatable bonds is 9. The van der Waals surface area contributed by atoms with Crippen LogP contribution in [0, 0.1) is 5.82 Å². The van der Waals surface area contributed by atoms with E-state index < -0.39 is 34.2 Å². The molecule has 0 fully saturated rings. The van der Waals surface area contributed by atoms with E-state index >= 15 is 0 Å². The number of amides is 2. The lowest BCUT2D eigenvalue weighted by Crippen LogP contribution is -2.45. The topological polar surface area (TPSA) is 109 Å². The number of carbonyl (C=O) groups excluding carboxylic acids is 2. The van der Waals surface area contributed by atoms with Crippen molar-refractivity contribution in [3.63, 3.8) is 0 Å². The fraction of sp³-hybridized carbons (Fsp3) is 0.143. The number of furan rings is 1. The fourth-order valence-electron chi connectivity index (χ4n) is 2.69. The summed E-state index contributed by atoms with van der Waals surface area (Å²) in [4.78, 5) is 26.2. The van der Waals surface area contributed by atoms with Gasteiger partial charge in [-0.1, -0.05) is 11.6 Å². The van der Waals surface area contributed by atoms with Gasteiger partial charge in [0.1, 0.15) is 18.1 Å². The molecule has 3 rings (SSSR count). The first kappa shape index (κ1) is 23.5. The van der Waals surface area contributed by atoms with E-state index in [-0.39, 0.29) is 18.0 Å². The second kappa shape index (κ2) is 10.4. The first-order valence-corrected chi connectivity index (χ1v) is 11.2. The summed E-state index contributed by atoms with van der Waals surface area (Å²) >= 11 is 5.90. The van der Waals surface area contributed by atoms with Crippen molar-refractivity contribution in [3.05, 3.63) is 83.5 Å². The summed E-state index contributed by atoms with van der Waals surface area (Å²) in [6.07, 6.45) is 1.47. The molecule has 1 aromatic heterocycles. The maximum absolute atomic E-state index is 13.1. The maximum Gasteiger partial charge on any atom is 0.242 e. The monoisotopic (exact) mass is 479 g/mol. The molecular formula is C21H19ClFN3O5S. The number of halogens is 2. The van der Waals surface area contributed by atoms with E-state index in [4.69, 9.17) is 16.0 Å². The third-order valence-electron chi connectivity index (χ3n) is 4.32. The van der Waals surface area contributed by atoms with Crippen molar-refractivity contribution in [2.45, 2.75) is 11.4 Å². The molecule has 11 heteroatoms. The van der Waals surface area contributed by atoms with Crippen molar-refractivity contribution in [1.29, 1.82) is 0 Å². The second-order valence-electron chi connectivity index (χ2n) is 6.59. The Morgan fingerprint density at radius 1 is 1.03 bits per heavy atom. The zero-order chi connectivity index (χ0) is 23.1. The molecule has 0 bridgehead atoms. The van der Waals surface area contributed by atoms with Crippen LogP contribution in [0.4, 0.5) is 10.1 Å². The van der Waals surface area contributed by atoms with Gasteiger partial charge in [-0.2, -0.15) is 0 Å². The average Bonchev–Trinajstić information content (AvgIpc) is 3.29. The van der Waals surface area contributed by atoms with Gasteiger partial charge in [0.05, 0.1) is 24.2 Å². The molecule has 1 heterocycles. The lowest BCUT2D eigenvalue weighted by Gasteiger charge is -2.22. The minimum atomic E-state index is -4.06. The van der Waals surface area contributed by atoms with Crippen LogP contribution in [0.25, 0.3) is 0 Å². The molecule has 2 N–H and O–H groups in total. The van der Waals surface area contributed by atoms with E-state index in [9.17, 15) is 22.4 Å². The van der Waals surface area contributed by atoms with Crippen LogP contribution < -0.4 is 14.9 Å². The van der Waals surface area contributed by atoms with Crippen molar-refractivity contribution in [2.75, 3.05) is 18.0 Å². The van der Waals surface area contributed by atoms with Gasteiger partial charge in [-0.05, 0) is 60.7 Å².